The number of rotatable bonds is 4. The predicted octanol–water partition coefficient (Wildman–Crippen LogP) is 2.03. The normalized spacial score (nSPS) is 26.1. The number of piperidine rings is 1. The van der Waals surface area contributed by atoms with E-state index in [1.807, 2.05) is 6.20 Å². The Morgan fingerprint density at radius 3 is 2.79 bits per heavy atom. The van der Waals surface area contributed by atoms with Crippen molar-refractivity contribution in [2.45, 2.75) is 31.6 Å². The fourth-order valence-corrected chi connectivity index (χ4v) is 3.36. The molecule has 3 rings (SSSR count). The minimum absolute atomic E-state index is 0.658. The Morgan fingerprint density at radius 2 is 2.16 bits per heavy atom. The second-order valence-electron chi connectivity index (χ2n) is 6.03. The van der Waals surface area contributed by atoms with Crippen LogP contribution >= 0.6 is 0 Å². The number of aromatic nitrogens is 2. The van der Waals surface area contributed by atoms with Gasteiger partial charge in [-0.25, -0.2) is 4.98 Å². The van der Waals surface area contributed by atoms with Crippen LogP contribution < -0.4 is 0 Å². The molecule has 2 aliphatic rings. The fraction of sp³-hybridized carbons (Fsp3) is 0.800. The zero-order valence-corrected chi connectivity index (χ0v) is 11.9. The van der Waals surface area contributed by atoms with Crippen molar-refractivity contribution >= 4 is 0 Å². The van der Waals surface area contributed by atoms with Crippen molar-refractivity contribution in [3.63, 3.8) is 0 Å². The molecule has 2 fully saturated rings. The van der Waals surface area contributed by atoms with Crippen LogP contribution in [0.1, 0.15) is 37.4 Å². The monoisotopic (exact) mass is 263 g/mol. The zero-order chi connectivity index (χ0) is 13.1. The maximum Gasteiger partial charge on any atom is 0.111 e. The zero-order valence-electron chi connectivity index (χ0n) is 11.9. The molecule has 0 bridgehead atoms. The molecule has 1 aromatic heterocycles. The molecule has 19 heavy (non-hydrogen) atoms. The highest BCUT2D eigenvalue weighted by atomic mass is 16.5. The van der Waals surface area contributed by atoms with Crippen LogP contribution in [0.2, 0.25) is 0 Å². The van der Waals surface area contributed by atoms with Gasteiger partial charge in [-0.3, -0.25) is 0 Å². The second-order valence-corrected chi connectivity index (χ2v) is 6.03. The summed E-state index contributed by atoms with van der Waals surface area (Å²) in [7, 11) is 2.11. The van der Waals surface area contributed by atoms with Crippen molar-refractivity contribution in [3.05, 3.63) is 18.2 Å². The Labute approximate surface area is 115 Å². The smallest absolute Gasteiger partial charge is 0.111 e. The highest BCUT2D eigenvalue weighted by Gasteiger charge is 2.24. The molecule has 1 atom stereocenters. The van der Waals surface area contributed by atoms with Crippen LogP contribution in [0.4, 0.5) is 0 Å². The van der Waals surface area contributed by atoms with E-state index in [1.54, 1.807) is 0 Å². The quantitative estimate of drug-likeness (QED) is 0.832. The topological polar surface area (TPSA) is 30.3 Å². The summed E-state index contributed by atoms with van der Waals surface area (Å²) in [5, 5.41) is 0. The molecule has 2 aliphatic heterocycles. The average molecular weight is 263 g/mol. The summed E-state index contributed by atoms with van der Waals surface area (Å²) in [5.41, 5.74) is 0. The molecule has 0 aromatic carbocycles. The van der Waals surface area contributed by atoms with Crippen LogP contribution in [0.15, 0.2) is 12.4 Å². The van der Waals surface area contributed by atoms with Gasteiger partial charge in [0.05, 0.1) is 0 Å². The van der Waals surface area contributed by atoms with Gasteiger partial charge in [0.25, 0.3) is 0 Å². The first-order valence-corrected chi connectivity index (χ1v) is 7.60. The molecule has 1 aromatic rings. The van der Waals surface area contributed by atoms with Crippen LogP contribution in [0, 0.1) is 5.92 Å². The van der Waals surface area contributed by atoms with Crippen LogP contribution in [-0.4, -0.2) is 47.3 Å². The van der Waals surface area contributed by atoms with Gasteiger partial charge in [0, 0.05) is 38.6 Å². The summed E-state index contributed by atoms with van der Waals surface area (Å²) in [4.78, 5) is 7.12. The lowest BCUT2D eigenvalue weighted by molar-refractivity contribution is 0.168. The molecule has 0 radical (unpaired) electrons. The largest absolute Gasteiger partial charge is 0.381 e. The summed E-state index contributed by atoms with van der Waals surface area (Å²) < 4.78 is 7.62. The Hall–Kier alpha value is -0.870. The Kier molecular flexibility index (Phi) is 4.18. The van der Waals surface area contributed by atoms with Gasteiger partial charge >= 0.3 is 0 Å². The number of nitrogens with zero attached hydrogens (tertiary/aromatic N) is 3. The maximum absolute atomic E-state index is 5.45. The van der Waals surface area contributed by atoms with Gasteiger partial charge in [-0.15, -0.1) is 0 Å². The number of likely N-dealkylation sites (tertiary alicyclic amines) is 1. The van der Waals surface area contributed by atoms with Gasteiger partial charge in [0.2, 0.25) is 0 Å². The van der Waals surface area contributed by atoms with E-state index in [2.05, 4.69) is 27.7 Å². The number of aryl methyl sites for hydroxylation is 1. The van der Waals surface area contributed by atoms with Crippen LogP contribution in [0.3, 0.4) is 0 Å². The van der Waals surface area contributed by atoms with Crippen molar-refractivity contribution in [2.75, 3.05) is 32.8 Å². The lowest BCUT2D eigenvalue weighted by atomic mass is 9.95. The van der Waals surface area contributed by atoms with Gasteiger partial charge in [0.15, 0.2) is 0 Å². The SMILES string of the molecule is Cn1ccnc1C1CCN(CC[C@H]2CCOC2)CC1. The van der Waals surface area contributed by atoms with E-state index in [9.17, 15) is 0 Å². The standard InChI is InChI=1S/C15H25N3O/c1-17-10-6-16-15(17)14-3-8-18(9-4-14)7-2-13-5-11-19-12-13/h6,10,13-14H,2-5,7-9,11-12H2,1H3/t13-/m0/s1. The van der Waals surface area contributed by atoms with Crippen molar-refractivity contribution in [3.8, 4) is 0 Å². The maximum atomic E-state index is 5.45. The molecule has 4 heteroatoms. The van der Waals surface area contributed by atoms with E-state index in [-0.39, 0.29) is 0 Å². The number of imidazole rings is 1. The van der Waals surface area contributed by atoms with E-state index in [1.165, 1.54) is 51.1 Å². The first-order valence-electron chi connectivity index (χ1n) is 7.60. The number of ether oxygens (including phenoxy) is 1. The molecule has 3 heterocycles. The number of hydrogen-bond donors (Lipinski definition) is 0. The van der Waals surface area contributed by atoms with Gasteiger partial charge < -0.3 is 14.2 Å². The summed E-state index contributed by atoms with van der Waals surface area (Å²) in [6, 6.07) is 0. The van der Waals surface area contributed by atoms with Crippen LogP contribution in [0.25, 0.3) is 0 Å². The summed E-state index contributed by atoms with van der Waals surface area (Å²) in [5.74, 6) is 2.74. The van der Waals surface area contributed by atoms with Crippen molar-refractivity contribution in [2.24, 2.45) is 13.0 Å². The highest BCUT2D eigenvalue weighted by Crippen LogP contribution is 2.27. The molecule has 0 saturated carbocycles. The summed E-state index contributed by atoms with van der Waals surface area (Å²) >= 11 is 0. The molecule has 0 unspecified atom stereocenters. The highest BCUT2D eigenvalue weighted by molar-refractivity contribution is 5.01. The fourth-order valence-electron chi connectivity index (χ4n) is 3.36. The minimum atomic E-state index is 0.658. The molecule has 4 nitrogen and oxygen atoms in total. The Morgan fingerprint density at radius 1 is 1.32 bits per heavy atom. The van der Waals surface area contributed by atoms with E-state index >= 15 is 0 Å². The van der Waals surface area contributed by atoms with Gasteiger partial charge in [-0.2, -0.15) is 0 Å². The van der Waals surface area contributed by atoms with Crippen LogP contribution in [-0.2, 0) is 11.8 Å². The van der Waals surface area contributed by atoms with Gasteiger partial charge in [-0.1, -0.05) is 0 Å². The van der Waals surface area contributed by atoms with E-state index < -0.39 is 0 Å². The molecular weight excluding hydrogens is 238 g/mol. The van der Waals surface area contributed by atoms with Crippen molar-refractivity contribution in [1.29, 1.82) is 0 Å². The molecule has 0 N–H and O–H groups in total. The number of hydrogen-bond acceptors (Lipinski definition) is 3. The van der Waals surface area contributed by atoms with Crippen LogP contribution in [0.5, 0.6) is 0 Å². The lowest BCUT2D eigenvalue weighted by Gasteiger charge is -2.32. The Balaban J connectivity index is 1.43. The second kappa shape index (κ2) is 6.06. The molecule has 2 saturated heterocycles. The predicted molar refractivity (Wildman–Crippen MR) is 75.2 cm³/mol. The third kappa shape index (κ3) is 3.18. The molecular formula is C15H25N3O. The third-order valence-corrected chi connectivity index (χ3v) is 4.69. The van der Waals surface area contributed by atoms with Gasteiger partial charge in [0.1, 0.15) is 5.82 Å². The third-order valence-electron chi connectivity index (χ3n) is 4.69. The average Bonchev–Trinajstić information content (AvgIpc) is 3.08. The molecule has 0 amide bonds. The Bertz CT molecular complexity index is 390. The van der Waals surface area contributed by atoms with E-state index in [4.69, 9.17) is 4.74 Å². The minimum Gasteiger partial charge on any atom is -0.381 e. The molecule has 0 aliphatic carbocycles. The van der Waals surface area contributed by atoms with Gasteiger partial charge in [-0.05, 0) is 51.2 Å². The van der Waals surface area contributed by atoms with E-state index in [0.717, 1.165) is 19.1 Å². The molecule has 0 spiro atoms. The van der Waals surface area contributed by atoms with E-state index in [0.29, 0.717) is 5.92 Å². The van der Waals surface area contributed by atoms with Crippen molar-refractivity contribution in [1.82, 2.24) is 14.5 Å². The lowest BCUT2D eigenvalue weighted by Crippen LogP contribution is -2.35. The first kappa shape index (κ1) is 13.1. The van der Waals surface area contributed by atoms with Crippen molar-refractivity contribution < 1.29 is 4.74 Å². The summed E-state index contributed by atoms with van der Waals surface area (Å²) in [6.07, 6.45) is 9.07. The first-order chi connectivity index (χ1) is 9.33. The molecule has 106 valence electrons. The summed E-state index contributed by atoms with van der Waals surface area (Å²) in [6.45, 7) is 5.67.